The Bertz CT molecular complexity index is 511. The van der Waals surface area contributed by atoms with Gasteiger partial charge in [0.1, 0.15) is 11.4 Å². The minimum atomic E-state index is -0.979. The van der Waals surface area contributed by atoms with Crippen molar-refractivity contribution in [3.05, 3.63) is 29.3 Å². The molecule has 1 aliphatic carbocycles. The van der Waals surface area contributed by atoms with E-state index in [1.165, 1.54) is 12.8 Å². The van der Waals surface area contributed by atoms with E-state index in [0.29, 0.717) is 5.92 Å². The summed E-state index contributed by atoms with van der Waals surface area (Å²) in [6.45, 7) is 2.17. The van der Waals surface area contributed by atoms with Gasteiger partial charge in [-0.1, -0.05) is 19.8 Å². The maximum Gasteiger partial charge on any atom is 0.257 e. The molecule has 0 aliphatic heterocycles. The number of hydrogen-bond acceptors (Lipinski definition) is 2. The fourth-order valence-corrected chi connectivity index (χ4v) is 3.04. The zero-order chi connectivity index (χ0) is 15.4. The highest BCUT2D eigenvalue weighted by Crippen LogP contribution is 2.28. The van der Waals surface area contributed by atoms with E-state index in [-0.39, 0.29) is 11.7 Å². The molecule has 0 aromatic heterocycles. The number of nitrogens with two attached hydrogens (primary N) is 1. The Morgan fingerprint density at radius 3 is 2.57 bits per heavy atom. The lowest BCUT2D eigenvalue weighted by molar-refractivity contribution is 0.0912. The summed E-state index contributed by atoms with van der Waals surface area (Å²) in [5, 5.41) is 2.73. The number of amides is 1. The Labute approximate surface area is 123 Å². The molecule has 21 heavy (non-hydrogen) atoms. The molecular formula is C16H22F2N2O. The number of nitrogen functional groups attached to an aromatic ring is 1. The summed E-state index contributed by atoms with van der Waals surface area (Å²) in [6.07, 6.45) is 6.21. The van der Waals surface area contributed by atoms with Crippen molar-refractivity contribution in [2.75, 3.05) is 5.73 Å². The van der Waals surface area contributed by atoms with Crippen molar-refractivity contribution in [3.8, 4) is 0 Å². The molecule has 0 radical (unpaired) electrons. The van der Waals surface area contributed by atoms with Crippen molar-refractivity contribution in [1.29, 1.82) is 0 Å². The minimum Gasteiger partial charge on any atom is -0.396 e. The highest BCUT2D eigenvalue weighted by atomic mass is 19.1. The third kappa shape index (κ3) is 3.71. The second kappa shape index (κ2) is 6.87. The van der Waals surface area contributed by atoms with Gasteiger partial charge in [0.2, 0.25) is 0 Å². The second-order valence-electron chi connectivity index (χ2n) is 5.81. The summed E-state index contributed by atoms with van der Waals surface area (Å²) in [6, 6.07) is 2.13. The Morgan fingerprint density at radius 1 is 1.29 bits per heavy atom. The monoisotopic (exact) mass is 296 g/mol. The molecule has 1 amide bonds. The van der Waals surface area contributed by atoms with Gasteiger partial charge in [-0.2, -0.15) is 0 Å². The average Bonchev–Trinajstić information content (AvgIpc) is 2.46. The number of benzene rings is 1. The molecule has 1 aliphatic rings. The van der Waals surface area contributed by atoms with Gasteiger partial charge >= 0.3 is 0 Å². The summed E-state index contributed by atoms with van der Waals surface area (Å²) in [7, 11) is 0. The molecule has 0 saturated heterocycles. The average molecular weight is 296 g/mol. The van der Waals surface area contributed by atoms with Crippen molar-refractivity contribution in [2.24, 2.45) is 5.92 Å². The molecule has 5 heteroatoms. The molecular weight excluding hydrogens is 274 g/mol. The van der Waals surface area contributed by atoms with Crippen molar-refractivity contribution in [1.82, 2.24) is 5.32 Å². The van der Waals surface area contributed by atoms with Crippen LogP contribution in [0.5, 0.6) is 0 Å². The number of rotatable bonds is 4. The summed E-state index contributed by atoms with van der Waals surface area (Å²) < 4.78 is 27.4. The van der Waals surface area contributed by atoms with E-state index < -0.39 is 23.1 Å². The molecule has 1 aromatic carbocycles. The summed E-state index contributed by atoms with van der Waals surface area (Å²) >= 11 is 0. The smallest absolute Gasteiger partial charge is 0.257 e. The first kappa shape index (κ1) is 15.7. The first-order chi connectivity index (χ1) is 10.0. The van der Waals surface area contributed by atoms with Crippen LogP contribution in [0.1, 0.15) is 55.8 Å². The summed E-state index contributed by atoms with van der Waals surface area (Å²) in [4.78, 5) is 12.1. The molecule has 0 spiro atoms. The van der Waals surface area contributed by atoms with Crippen molar-refractivity contribution < 1.29 is 13.6 Å². The van der Waals surface area contributed by atoms with Gasteiger partial charge in [-0.05, 0) is 43.7 Å². The standard InChI is InChI=1S/C16H22F2N2O/c1-2-3-10-4-6-11(7-5-10)20-16(21)14-12(17)8-9-13(19)15(14)18/h8-11H,2-7,19H2,1H3,(H,20,21). The maximum absolute atomic E-state index is 13.8. The quantitative estimate of drug-likeness (QED) is 0.834. The molecule has 0 unspecified atom stereocenters. The lowest BCUT2D eigenvalue weighted by Gasteiger charge is -2.29. The van der Waals surface area contributed by atoms with Crippen molar-refractivity contribution in [2.45, 2.75) is 51.5 Å². The predicted octanol–water partition coefficient (Wildman–Crippen LogP) is 3.64. The highest BCUT2D eigenvalue weighted by Gasteiger charge is 2.25. The molecule has 3 nitrogen and oxygen atoms in total. The van der Waals surface area contributed by atoms with E-state index in [0.717, 1.165) is 37.8 Å². The van der Waals surface area contributed by atoms with Gasteiger partial charge in [0.05, 0.1) is 5.69 Å². The van der Waals surface area contributed by atoms with E-state index in [9.17, 15) is 13.6 Å². The lowest BCUT2D eigenvalue weighted by atomic mass is 9.83. The van der Waals surface area contributed by atoms with E-state index in [4.69, 9.17) is 5.73 Å². The van der Waals surface area contributed by atoms with Crippen LogP contribution >= 0.6 is 0 Å². The van der Waals surface area contributed by atoms with Crippen molar-refractivity contribution in [3.63, 3.8) is 0 Å². The van der Waals surface area contributed by atoms with Gasteiger partial charge in [-0.25, -0.2) is 8.78 Å². The van der Waals surface area contributed by atoms with E-state index in [1.54, 1.807) is 0 Å². The fourth-order valence-electron chi connectivity index (χ4n) is 3.04. The molecule has 0 heterocycles. The van der Waals surface area contributed by atoms with Crippen LogP contribution in [0.25, 0.3) is 0 Å². The molecule has 0 bridgehead atoms. The van der Waals surface area contributed by atoms with Crippen LogP contribution in [0, 0.1) is 17.6 Å². The first-order valence-electron chi connectivity index (χ1n) is 7.57. The number of anilines is 1. The van der Waals surface area contributed by atoms with Gasteiger partial charge in [0, 0.05) is 6.04 Å². The Hall–Kier alpha value is -1.65. The fraction of sp³-hybridized carbons (Fsp3) is 0.562. The summed E-state index contributed by atoms with van der Waals surface area (Å²) in [5.74, 6) is -1.86. The van der Waals surface area contributed by atoms with Gasteiger partial charge in [0.25, 0.3) is 5.91 Å². The Morgan fingerprint density at radius 2 is 1.95 bits per heavy atom. The molecule has 0 atom stereocenters. The number of nitrogens with one attached hydrogen (secondary N) is 1. The zero-order valence-electron chi connectivity index (χ0n) is 12.3. The molecule has 2 rings (SSSR count). The maximum atomic E-state index is 13.8. The van der Waals surface area contributed by atoms with Gasteiger partial charge in [-0.15, -0.1) is 0 Å². The van der Waals surface area contributed by atoms with Crippen LogP contribution in [0.3, 0.4) is 0 Å². The molecule has 3 N–H and O–H groups in total. The molecule has 116 valence electrons. The number of carbonyl (C=O) groups is 1. The zero-order valence-corrected chi connectivity index (χ0v) is 12.3. The predicted molar refractivity (Wildman–Crippen MR) is 78.9 cm³/mol. The normalized spacial score (nSPS) is 22.0. The number of hydrogen-bond donors (Lipinski definition) is 2. The van der Waals surface area contributed by atoms with E-state index in [1.807, 2.05) is 0 Å². The van der Waals surface area contributed by atoms with Gasteiger partial charge < -0.3 is 11.1 Å². The highest BCUT2D eigenvalue weighted by molar-refractivity contribution is 5.95. The minimum absolute atomic E-state index is 0.00848. The first-order valence-corrected chi connectivity index (χ1v) is 7.57. The largest absolute Gasteiger partial charge is 0.396 e. The Kier molecular flexibility index (Phi) is 5.15. The van der Waals surface area contributed by atoms with E-state index in [2.05, 4.69) is 12.2 Å². The molecule has 1 fully saturated rings. The topological polar surface area (TPSA) is 55.1 Å². The Balaban J connectivity index is 1.99. The summed E-state index contributed by atoms with van der Waals surface area (Å²) in [5.41, 5.74) is 4.60. The number of carbonyl (C=O) groups excluding carboxylic acids is 1. The SMILES string of the molecule is CCCC1CCC(NC(=O)c2c(F)ccc(N)c2F)CC1. The molecule has 1 saturated carbocycles. The van der Waals surface area contributed by atoms with Crippen LogP contribution in [0.15, 0.2) is 12.1 Å². The van der Waals surface area contributed by atoms with Crippen molar-refractivity contribution >= 4 is 11.6 Å². The van der Waals surface area contributed by atoms with E-state index >= 15 is 0 Å². The second-order valence-corrected chi connectivity index (χ2v) is 5.81. The third-order valence-electron chi connectivity index (χ3n) is 4.23. The van der Waals surface area contributed by atoms with Crippen LogP contribution in [0.4, 0.5) is 14.5 Å². The van der Waals surface area contributed by atoms with Crippen LogP contribution < -0.4 is 11.1 Å². The van der Waals surface area contributed by atoms with Gasteiger partial charge in [0.15, 0.2) is 5.82 Å². The van der Waals surface area contributed by atoms with Gasteiger partial charge in [-0.3, -0.25) is 4.79 Å². The number of halogens is 2. The third-order valence-corrected chi connectivity index (χ3v) is 4.23. The molecule has 1 aromatic rings. The lowest BCUT2D eigenvalue weighted by Crippen LogP contribution is -2.38. The van der Waals surface area contributed by atoms with Crippen LogP contribution in [-0.2, 0) is 0 Å². The van der Waals surface area contributed by atoms with Crippen LogP contribution in [0.2, 0.25) is 0 Å². The van der Waals surface area contributed by atoms with Crippen LogP contribution in [-0.4, -0.2) is 11.9 Å².